The highest BCUT2D eigenvalue weighted by Gasteiger charge is 2.60. The van der Waals surface area contributed by atoms with E-state index in [1.54, 1.807) is 0 Å². The Morgan fingerprint density at radius 3 is 2.46 bits per heavy atom. The fourth-order valence-corrected chi connectivity index (χ4v) is 6.16. The molecule has 1 aromatic rings. The third kappa shape index (κ3) is 3.25. The summed E-state index contributed by atoms with van der Waals surface area (Å²) >= 11 is 0. The first-order valence-corrected chi connectivity index (χ1v) is 11.8. The number of amides is 1. The van der Waals surface area contributed by atoms with Gasteiger partial charge < -0.3 is 26.2 Å². The number of fused-ring (bicyclic) bond motifs is 3. The predicted molar refractivity (Wildman–Crippen MR) is 125 cm³/mol. The molecule has 184 valence electrons. The molecule has 35 heavy (non-hydrogen) atoms. The molecule has 1 amide bonds. The van der Waals surface area contributed by atoms with Crippen LogP contribution >= 0.6 is 0 Å². The number of phenols is 1. The van der Waals surface area contributed by atoms with E-state index in [9.17, 15) is 34.8 Å². The first-order valence-electron chi connectivity index (χ1n) is 11.8. The fraction of sp³-hybridized carbons (Fsp3) is 0.423. The van der Waals surface area contributed by atoms with Gasteiger partial charge in [-0.15, -0.1) is 0 Å². The number of rotatable bonds is 4. The van der Waals surface area contributed by atoms with Gasteiger partial charge in [0.25, 0.3) is 5.91 Å². The van der Waals surface area contributed by atoms with Crippen molar-refractivity contribution in [3.05, 3.63) is 57.4 Å². The molecule has 1 aliphatic heterocycles. The molecule has 9 nitrogen and oxygen atoms in total. The van der Waals surface area contributed by atoms with Gasteiger partial charge in [0, 0.05) is 43.1 Å². The number of aliphatic hydroxyl groups excluding tert-OH is 2. The van der Waals surface area contributed by atoms with E-state index < -0.39 is 52.0 Å². The van der Waals surface area contributed by atoms with Gasteiger partial charge in [-0.05, 0) is 36.3 Å². The number of benzene rings is 1. The highest BCUT2D eigenvalue weighted by Crippen LogP contribution is 2.52. The lowest BCUT2D eigenvalue weighted by molar-refractivity contribution is -0.147. The molecule has 0 aromatic heterocycles. The molecule has 0 saturated heterocycles. The van der Waals surface area contributed by atoms with Crippen LogP contribution in [0.1, 0.15) is 42.0 Å². The Balaban J connectivity index is 1.66. The van der Waals surface area contributed by atoms with Gasteiger partial charge in [-0.3, -0.25) is 19.3 Å². The van der Waals surface area contributed by atoms with Crippen LogP contribution in [-0.2, 0) is 33.8 Å². The molecule has 3 atom stereocenters. The zero-order chi connectivity index (χ0) is 25.2. The smallest absolute Gasteiger partial charge is 0.255 e. The second-order valence-electron chi connectivity index (χ2n) is 9.82. The van der Waals surface area contributed by atoms with Crippen molar-refractivity contribution in [2.75, 3.05) is 13.1 Å². The van der Waals surface area contributed by atoms with Crippen LogP contribution in [0.4, 0.5) is 0 Å². The lowest BCUT2D eigenvalue weighted by atomic mass is 9.59. The quantitative estimate of drug-likeness (QED) is 0.319. The van der Waals surface area contributed by atoms with Gasteiger partial charge >= 0.3 is 0 Å². The van der Waals surface area contributed by atoms with Gasteiger partial charge in [0.05, 0.1) is 5.56 Å². The number of nitrogens with two attached hydrogens (primary N) is 1. The Morgan fingerprint density at radius 1 is 1.14 bits per heavy atom. The van der Waals surface area contributed by atoms with E-state index in [2.05, 4.69) is 4.90 Å². The number of carbonyl (C=O) groups is 3. The van der Waals surface area contributed by atoms with Crippen molar-refractivity contribution in [3.8, 4) is 5.75 Å². The van der Waals surface area contributed by atoms with E-state index >= 15 is 0 Å². The lowest BCUT2D eigenvalue weighted by Gasteiger charge is -2.46. The molecule has 0 spiro atoms. The second-order valence-corrected chi connectivity index (χ2v) is 9.82. The van der Waals surface area contributed by atoms with Gasteiger partial charge in [-0.25, -0.2) is 0 Å². The summed E-state index contributed by atoms with van der Waals surface area (Å²) in [4.78, 5) is 40.0. The normalized spacial score (nSPS) is 28.3. The number of aliphatic hydroxyl groups is 3. The van der Waals surface area contributed by atoms with E-state index in [0.717, 1.165) is 24.2 Å². The molecule has 1 fully saturated rings. The van der Waals surface area contributed by atoms with Crippen LogP contribution in [0, 0.1) is 11.8 Å². The molecule has 0 bridgehead atoms. The maximum absolute atomic E-state index is 13.6. The van der Waals surface area contributed by atoms with Gasteiger partial charge in [-0.1, -0.05) is 25.1 Å². The standard InChI is InChI=1S/C26H28N2O7/c1-2-12-7-14(11-28-5-3-4-6-28)21(30)19-16(12)9-13-8-15-10-17(29)20(25(27)34)24(33)26(15,35)23(32)18(13)22(19)31/h3-4,7,13,15,30-31,33,35H,2,5-6,8-11H2,1H3,(H2,27,34). The minimum Gasteiger partial charge on any atom is -0.508 e. The summed E-state index contributed by atoms with van der Waals surface area (Å²) in [7, 11) is 0. The van der Waals surface area contributed by atoms with E-state index in [0.29, 0.717) is 24.9 Å². The van der Waals surface area contributed by atoms with Crippen molar-refractivity contribution in [1.82, 2.24) is 4.90 Å². The van der Waals surface area contributed by atoms with Crippen molar-refractivity contribution in [2.45, 2.75) is 44.8 Å². The van der Waals surface area contributed by atoms with E-state index in [4.69, 9.17) is 5.73 Å². The molecule has 4 aliphatic rings. The van der Waals surface area contributed by atoms with Crippen LogP contribution in [-0.4, -0.2) is 61.5 Å². The number of primary amides is 1. The molecule has 0 radical (unpaired) electrons. The number of aromatic hydroxyl groups is 1. The van der Waals surface area contributed by atoms with Crippen molar-refractivity contribution in [2.24, 2.45) is 17.6 Å². The van der Waals surface area contributed by atoms with Crippen LogP contribution in [0.5, 0.6) is 5.75 Å². The zero-order valence-electron chi connectivity index (χ0n) is 19.4. The summed E-state index contributed by atoms with van der Waals surface area (Å²) in [6.45, 7) is 3.92. The topological polar surface area (TPSA) is 161 Å². The van der Waals surface area contributed by atoms with Crippen LogP contribution in [0.25, 0.3) is 5.76 Å². The van der Waals surface area contributed by atoms with Crippen LogP contribution in [0.2, 0.25) is 0 Å². The number of hydrogen-bond donors (Lipinski definition) is 5. The number of nitrogens with zero attached hydrogens (tertiary/aromatic N) is 1. The van der Waals surface area contributed by atoms with Gasteiger partial charge in [0.1, 0.15) is 22.8 Å². The molecule has 9 heteroatoms. The minimum absolute atomic E-state index is 0.113. The number of carbonyl (C=O) groups excluding carboxylic acids is 3. The van der Waals surface area contributed by atoms with Crippen molar-refractivity contribution >= 4 is 23.2 Å². The number of Topliss-reactive ketones (excluding diaryl/α,β-unsaturated/α-hetero) is 2. The molecule has 6 N–H and O–H groups in total. The Hall–Kier alpha value is -3.43. The summed E-state index contributed by atoms with van der Waals surface area (Å²) < 4.78 is 0. The van der Waals surface area contributed by atoms with E-state index in [-0.39, 0.29) is 29.7 Å². The van der Waals surface area contributed by atoms with E-state index in [1.165, 1.54) is 0 Å². The highest BCUT2D eigenvalue weighted by molar-refractivity contribution is 6.22. The maximum Gasteiger partial charge on any atom is 0.255 e. The molecule has 1 heterocycles. The lowest BCUT2D eigenvalue weighted by Crippen LogP contribution is -2.58. The van der Waals surface area contributed by atoms with Crippen LogP contribution < -0.4 is 5.73 Å². The van der Waals surface area contributed by atoms with Gasteiger partial charge in [0.15, 0.2) is 11.4 Å². The number of ketones is 2. The van der Waals surface area contributed by atoms with Crippen molar-refractivity contribution in [3.63, 3.8) is 0 Å². The monoisotopic (exact) mass is 480 g/mol. The van der Waals surface area contributed by atoms with Gasteiger partial charge in [-0.2, -0.15) is 0 Å². The molecular weight excluding hydrogens is 452 g/mol. The average molecular weight is 481 g/mol. The highest BCUT2D eigenvalue weighted by atomic mass is 16.3. The van der Waals surface area contributed by atoms with Crippen LogP contribution in [0.3, 0.4) is 0 Å². The largest absolute Gasteiger partial charge is 0.508 e. The average Bonchev–Trinajstić information content (AvgIpc) is 3.31. The number of phenolic OH excluding ortho intramolecular Hbond substituents is 1. The maximum atomic E-state index is 13.6. The molecule has 1 saturated carbocycles. The first kappa shape index (κ1) is 23.3. The predicted octanol–water partition coefficient (Wildman–Crippen LogP) is 1.36. The third-order valence-electron chi connectivity index (χ3n) is 7.90. The summed E-state index contributed by atoms with van der Waals surface area (Å²) in [6.07, 6.45) is 4.86. The van der Waals surface area contributed by atoms with Crippen molar-refractivity contribution < 1.29 is 34.8 Å². The summed E-state index contributed by atoms with van der Waals surface area (Å²) in [5, 5.41) is 44.5. The molecule has 3 aliphatic carbocycles. The number of aryl methyl sites for hydroxylation is 1. The Labute approximate surface area is 201 Å². The van der Waals surface area contributed by atoms with Gasteiger partial charge in [0.2, 0.25) is 5.78 Å². The van der Waals surface area contributed by atoms with E-state index in [1.807, 2.05) is 25.1 Å². The summed E-state index contributed by atoms with van der Waals surface area (Å²) in [5.41, 5.74) is 4.25. The molecule has 1 aromatic carbocycles. The second kappa shape index (κ2) is 8.07. The Kier molecular flexibility index (Phi) is 5.37. The molecule has 3 unspecified atom stereocenters. The summed E-state index contributed by atoms with van der Waals surface area (Å²) in [5.74, 6) is -6.03. The third-order valence-corrected chi connectivity index (χ3v) is 7.90. The molecule has 5 rings (SSSR count). The first-order chi connectivity index (χ1) is 16.6. The fourth-order valence-electron chi connectivity index (χ4n) is 6.16. The summed E-state index contributed by atoms with van der Waals surface area (Å²) in [6, 6.07) is 1.93. The van der Waals surface area contributed by atoms with Crippen LogP contribution in [0.15, 0.2) is 35.1 Å². The SMILES string of the molecule is CCc1cc(CN2CC=CC2)c(O)c2c1CC1CC3CC(=O)C(C(N)=O)=C(O)C3(O)C(=O)C1=C2O. The Morgan fingerprint density at radius 2 is 1.83 bits per heavy atom. The van der Waals surface area contributed by atoms with Crippen molar-refractivity contribution in [1.29, 1.82) is 0 Å². The molecular formula is C26H28N2O7. The zero-order valence-corrected chi connectivity index (χ0v) is 19.4. The number of hydrogen-bond acceptors (Lipinski definition) is 8. The Bertz CT molecular complexity index is 1270. The minimum atomic E-state index is -2.54.